The third kappa shape index (κ3) is 2.70. The van der Waals surface area contributed by atoms with E-state index in [1.807, 2.05) is 0 Å². The van der Waals surface area contributed by atoms with Gasteiger partial charge in [-0.2, -0.15) is 0 Å². The summed E-state index contributed by atoms with van der Waals surface area (Å²) < 4.78 is 0. The number of rotatable bonds is 5. The maximum atomic E-state index is 3.69. The van der Waals surface area contributed by atoms with Crippen LogP contribution in [0.15, 0.2) is 48.5 Å². The lowest BCUT2D eigenvalue weighted by atomic mass is 10.0. The largest absolute Gasteiger partial charge is 0.384 e. The lowest BCUT2D eigenvalue weighted by Gasteiger charge is -2.18. The van der Waals surface area contributed by atoms with Crippen LogP contribution < -0.4 is 10.6 Å². The van der Waals surface area contributed by atoms with E-state index < -0.39 is 0 Å². The molecule has 1 aliphatic rings. The smallest absolute Gasteiger partial charge is 0.0419 e. The van der Waals surface area contributed by atoms with Gasteiger partial charge in [0.2, 0.25) is 0 Å². The van der Waals surface area contributed by atoms with Crippen molar-refractivity contribution in [3.8, 4) is 0 Å². The fourth-order valence-electron chi connectivity index (χ4n) is 2.97. The van der Waals surface area contributed by atoms with Gasteiger partial charge in [0, 0.05) is 24.8 Å². The first-order valence-corrected chi connectivity index (χ1v) is 7.51. The van der Waals surface area contributed by atoms with E-state index in [4.69, 9.17) is 0 Å². The zero-order valence-electron chi connectivity index (χ0n) is 12.0. The fourth-order valence-corrected chi connectivity index (χ4v) is 2.97. The van der Waals surface area contributed by atoms with Crippen LogP contribution in [0.3, 0.4) is 0 Å². The predicted octanol–water partition coefficient (Wildman–Crippen LogP) is 3.90. The summed E-state index contributed by atoms with van der Waals surface area (Å²) in [5.74, 6) is 0. The van der Waals surface area contributed by atoms with Gasteiger partial charge in [-0.05, 0) is 29.5 Å². The van der Waals surface area contributed by atoms with E-state index in [1.165, 1.54) is 22.4 Å². The van der Waals surface area contributed by atoms with E-state index in [-0.39, 0.29) is 0 Å². The number of anilines is 1. The number of nitrogens with one attached hydrogen (secondary N) is 2. The summed E-state index contributed by atoms with van der Waals surface area (Å²) in [6, 6.07) is 17.8. The Bertz CT molecular complexity index is 563. The minimum Gasteiger partial charge on any atom is -0.384 e. The maximum absolute atomic E-state index is 3.69. The Morgan fingerprint density at radius 3 is 2.75 bits per heavy atom. The molecular formula is C18H22N2. The van der Waals surface area contributed by atoms with Gasteiger partial charge in [0.25, 0.3) is 0 Å². The van der Waals surface area contributed by atoms with Gasteiger partial charge in [0.05, 0.1) is 0 Å². The fraction of sp³-hybridized carbons (Fsp3) is 0.333. The van der Waals surface area contributed by atoms with Crippen molar-refractivity contribution in [1.82, 2.24) is 5.32 Å². The van der Waals surface area contributed by atoms with Crippen molar-refractivity contribution in [2.45, 2.75) is 32.4 Å². The van der Waals surface area contributed by atoms with Crippen LogP contribution >= 0.6 is 0 Å². The molecule has 1 unspecified atom stereocenters. The highest BCUT2D eigenvalue weighted by Crippen LogP contribution is 2.27. The van der Waals surface area contributed by atoms with Gasteiger partial charge < -0.3 is 10.6 Å². The quantitative estimate of drug-likeness (QED) is 0.857. The van der Waals surface area contributed by atoms with Gasteiger partial charge in [-0.1, -0.05) is 55.5 Å². The molecule has 2 heteroatoms. The molecule has 1 atom stereocenters. The number of fused-ring (bicyclic) bond motifs is 1. The third-order valence-corrected chi connectivity index (χ3v) is 4.08. The van der Waals surface area contributed by atoms with Crippen molar-refractivity contribution in [2.24, 2.45) is 0 Å². The Kier molecular flexibility index (Phi) is 4.03. The standard InChI is InChI=1S/C18H22N2/c1-2-17(14-7-4-3-5-8-14)20-13-16-10-6-9-15-11-12-19-18(15)16/h3-10,17,19-20H,2,11-13H2,1H3. The van der Waals surface area contributed by atoms with E-state index in [0.717, 1.165) is 25.9 Å². The van der Waals surface area contributed by atoms with E-state index in [0.29, 0.717) is 6.04 Å². The van der Waals surface area contributed by atoms with Crippen LogP contribution in [0.25, 0.3) is 0 Å². The summed E-state index contributed by atoms with van der Waals surface area (Å²) in [5.41, 5.74) is 5.56. The number of hydrogen-bond acceptors (Lipinski definition) is 2. The molecule has 0 saturated carbocycles. The first-order valence-electron chi connectivity index (χ1n) is 7.51. The van der Waals surface area contributed by atoms with E-state index in [9.17, 15) is 0 Å². The van der Waals surface area contributed by atoms with Gasteiger partial charge in [0.15, 0.2) is 0 Å². The maximum Gasteiger partial charge on any atom is 0.0419 e. The van der Waals surface area contributed by atoms with E-state index in [1.54, 1.807) is 0 Å². The highest BCUT2D eigenvalue weighted by Gasteiger charge is 2.14. The molecule has 1 aliphatic heterocycles. The van der Waals surface area contributed by atoms with Crippen molar-refractivity contribution in [1.29, 1.82) is 0 Å². The van der Waals surface area contributed by atoms with Crippen LogP contribution in [-0.4, -0.2) is 6.54 Å². The van der Waals surface area contributed by atoms with Crippen molar-refractivity contribution in [3.63, 3.8) is 0 Å². The second-order valence-corrected chi connectivity index (χ2v) is 5.38. The molecular weight excluding hydrogens is 244 g/mol. The molecule has 2 N–H and O–H groups in total. The number of benzene rings is 2. The Morgan fingerprint density at radius 2 is 1.95 bits per heavy atom. The molecule has 0 bridgehead atoms. The molecule has 0 radical (unpaired) electrons. The first-order chi connectivity index (χ1) is 9.88. The second-order valence-electron chi connectivity index (χ2n) is 5.38. The van der Waals surface area contributed by atoms with Crippen molar-refractivity contribution in [3.05, 3.63) is 65.2 Å². The summed E-state index contributed by atoms with van der Waals surface area (Å²) >= 11 is 0. The third-order valence-electron chi connectivity index (χ3n) is 4.08. The van der Waals surface area contributed by atoms with Gasteiger partial charge in [-0.3, -0.25) is 0 Å². The van der Waals surface area contributed by atoms with Crippen LogP contribution in [0.1, 0.15) is 36.1 Å². The van der Waals surface area contributed by atoms with Crippen molar-refractivity contribution < 1.29 is 0 Å². The summed E-state index contributed by atoms with van der Waals surface area (Å²) in [5, 5.41) is 7.20. The lowest BCUT2D eigenvalue weighted by molar-refractivity contribution is 0.519. The minimum atomic E-state index is 0.424. The molecule has 3 rings (SSSR count). The molecule has 2 aromatic rings. The molecule has 0 saturated heterocycles. The summed E-state index contributed by atoms with van der Waals surface area (Å²) in [7, 11) is 0. The molecule has 1 heterocycles. The lowest BCUT2D eigenvalue weighted by Crippen LogP contribution is -2.20. The van der Waals surface area contributed by atoms with Crippen LogP contribution in [0, 0.1) is 0 Å². The van der Waals surface area contributed by atoms with Gasteiger partial charge in [0.1, 0.15) is 0 Å². The molecule has 2 nitrogen and oxygen atoms in total. The SMILES string of the molecule is CCC(NCc1cccc2c1NCC2)c1ccccc1. The number of hydrogen-bond donors (Lipinski definition) is 2. The molecule has 2 aromatic carbocycles. The van der Waals surface area contributed by atoms with Crippen LogP contribution in [0.4, 0.5) is 5.69 Å². The van der Waals surface area contributed by atoms with Crippen LogP contribution in [0.2, 0.25) is 0 Å². The molecule has 0 aliphatic carbocycles. The van der Waals surface area contributed by atoms with Crippen LogP contribution in [0.5, 0.6) is 0 Å². The Labute approximate surface area is 121 Å². The van der Waals surface area contributed by atoms with E-state index >= 15 is 0 Å². The van der Waals surface area contributed by atoms with Crippen molar-refractivity contribution in [2.75, 3.05) is 11.9 Å². The van der Waals surface area contributed by atoms with Gasteiger partial charge in [-0.25, -0.2) is 0 Å². The monoisotopic (exact) mass is 266 g/mol. The first kappa shape index (κ1) is 13.2. The topological polar surface area (TPSA) is 24.1 Å². The zero-order chi connectivity index (χ0) is 13.8. The highest BCUT2D eigenvalue weighted by atomic mass is 14.9. The van der Waals surface area contributed by atoms with Crippen LogP contribution in [-0.2, 0) is 13.0 Å². The minimum absolute atomic E-state index is 0.424. The molecule has 0 amide bonds. The second kappa shape index (κ2) is 6.10. The van der Waals surface area contributed by atoms with Gasteiger partial charge >= 0.3 is 0 Å². The molecule has 0 aromatic heterocycles. The molecule has 0 fully saturated rings. The Hall–Kier alpha value is -1.80. The zero-order valence-corrected chi connectivity index (χ0v) is 12.0. The molecule has 0 spiro atoms. The van der Waals surface area contributed by atoms with Gasteiger partial charge in [-0.15, -0.1) is 0 Å². The normalized spacial score (nSPS) is 14.7. The summed E-state index contributed by atoms with van der Waals surface area (Å²) in [6.07, 6.45) is 2.26. The molecule has 20 heavy (non-hydrogen) atoms. The Balaban J connectivity index is 1.71. The summed E-state index contributed by atoms with van der Waals surface area (Å²) in [6.45, 7) is 4.23. The predicted molar refractivity (Wildman–Crippen MR) is 84.9 cm³/mol. The van der Waals surface area contributed by atoms with Crippen molar-refractivity contribution >= 4 is 5.69 Å². The number of para-hydroxylation sites is 1. The highest BCUT2D eigenvalue weighted by molar-refractivity contribution is 5.61. The molecule has 104 valence electrons. The summed E-state index contributed by atoms with van der Waals surface area (Å²) in [4.78, 5) is 0. The average Bonchev–Trinajstić information content (AvgIpc) is 2.98. The van der Waals surface area contributed by atoms with E-state index in [2.05, 4.69) is 66.1 Å². The Morgan fingerprint density at radius 1 is 1.10 bits per heavy atom. The average molecular weight is 266 g/mol.